The molecule has 2 aliphatic rings. The van der Waals surface area contributed by atoms with E-state index in [4.69, 9.17) is 13.9 Å². The van der Waals surface area contributed by atoms with E-state index in [9.17, 15) is 4.79 Å². The van der Waals surface area contributed by atoms with Crippen LogP contribution in [-0.4, -0.2) is 49.8 Å². The Morgan fingerprint density at radius 2 is 2.28 bits per heavy atom. The standard InChI is InChI=1S/C20H25NO4/c1-2-23-14-20-9-5-11-24-18(20)8-10-21(13-20)19(22)17-12-15-6-3-4-7-16(15)25-17/h3-4,6-7,12,18H,2,5,8-11,13-14H2,1H3/t18-,20+/m1/s1. The summed E-state index contributed by atoms with van der Waals surface area (Å²) in [4.78, 5) is 14.9. The molecule has 1 aromatic carbocycles. The van der Waals surface area contributed by atoms with Gasteiger partial charge in [-0.1, -0.05) is 18.2 Å². The van der Waals surface area contributed by atoms with Gasteiger partial charge in [0.05, 0.1) is 12.7 Å². The minimum atomic E-state index is -0.0891. The molecule has 0 bridgehead atoms. The van der Waals surface area contributed by atoms with E-state index >= 15 is 0 Å². The molecule has 0 saturated carbocycles. The molecule has 0 radical (unpaired) electrons. The summed E-state index contributed by atoms with van der Waals surface area (Å²) in [5.74, 6) is 0.388. The molecule has 3 heterocycles. The molecular formula is C20H25NO4. The number of fused-ring (bicyclic) bond motifs is 2. The van der Waals surface area contributed by atoms with Gasteiger partial charge < -0.3 is 18.8 Å². The van der Waals surface area contributed by atoms with Crippen LogP contribution in [0.3, 0.4) is 0 Å². The Morgan fingerprint density at radius 3 is 3.12 bits per heavy atom. The largest absolute Gasteiger partial charge is 0.451 e. The summed E-state index contributed by atoms with van der Waals surface area (Å²) < 4.78 is 17.6. The third-order valence-corrected chi connectivity index (χ3v) is 5.51. The number of para-hydroxylation sites is 1. The topological polar surface area (TPSA) is 51.9 Å². The van der Waals surface area contributed by atoms with Crippen molar-refractivity contribution < 1.29 is 18.7 Å². The van der Waals surface area contributed by atoms with Crippen molar-refractivity contribution in [3.05, 3.63) is 36.1 Å². The van der Waals surface area contributed by atoms with Gasteiger partial charge in [0.2, 0.25) is 0 Å². The number of carbonyl (C=O) groups excluding carboxylic acids is 1. The summed E-state index contributed by atoms with van der Waals surface area (Å²) in [7, 11) is 0. The smallest absolute Gasteiger partial charge is 0.289 e. The minimum Gasteiger partial charge on any atom is -0.451 e. The first kappa shape index (κ1) is 16.6. The maximum absolute atomic E-state index is 13.0. The lowest BCUT2D eigenvalue weighted by molar-refractivity contribution is -0.146. The highest BCUT2D eigenvalue weighted by Crippen LogP contribution is 2.41. The van der Waals surface area contributed by atoms with Gasteiger partial charge in [0.25, 0.3) is 5.91 Å². The van der Waals surface area contributed by atoms with E-state index in [-0.39, 0.29) is 17.4 Å². The Morgan fingerprint density at radius 1 is 1.40 bits per heavy atom. The SMILES string of the molecule is CCOC[C@@]12CCCO[C@@H]1CCN(C(=O)c1cc3ccccc3o1)C2. The van der Waals surface area contributed by atoms with Crippen LogP contribution in [0.5, 0.6) is 0 Å². The molecule has 5 heteroatoms. The van der Waals surface area contributed by atoms with Crippen LogP contribution in [0.25, 0.3) is 11.0 Å². The Bertz CT molecular complexity index is 722. The summed E-state index contributed by atoms with van der Waals surface area (Å²) >= 11 is 0. The molecule has 134 valence electrons. The van der Waals surface area contributed by atoms with Crippen LogP contribution in [0.1, 0.15) is 36.7 Å². The van der Waals surface area contributed by atoms with Gasteiger partial charge >= 0.3 is 0 Å². The van der Waals surface area contributed by atoms with Gasteiger partial charge in [-0.05, 0) is 38.3 Å². The number of amides is 1. The van der Waals surface area contributed by atoms with E-state index in [2.05, 4.69) is 0 Å². The highest BCUT2D eigenvalue weighted by atomic mass is 16.5. The van der Waals surface area contributed by atoms with Crippen molar-refractivity contribution in [1.29, 1.82) is 0 Å². The summed E-state index contributed by atoms with van der Waals surface area (Å²) in [6, 6.07) is 9.57. The van der Waals surface area contributed by atoms with Gasteiger partial charge in [-0.25, -0.2) is 0 Å². The second-order valence-corrected chi connectivity index (χ2v) is 7.13. The van der Waals surface area contributed by atoms with Gasteiger partial charge in [-0.3, -0.25) is 4.79 Å². The summed E-state index contributed by atoms with van der Waals surface area (Å²) in [6.45, 7) is 5.54. The van der Waals surface area contributed by atoms with Gasteiger partial charge in [0.1, 0.15) is 5.58 Å². The van der Waals surface area contributed by atoms with Crippen molar-refractivity contribution in [3.8, 4) is 0 Å². The maximum Gasteiger partial charge on any atom is 0.289 e. The zero-order valence-electron chi connectivity index (χ0n) is 14.7. The molecule has 0 spiro atoms. The first-order valence-corrected chi connectivity index (χ1v) is 9.19. The number of carbonyl (C=O) groups is 1. The van der Waals surface area contributed by atoms with Crippen LogP contribution >= 0.6 is 0 Å². The zero-order chi connectivity index (χ0) is 17.3. The van der Waals surface area contributed by atoms with E-state index in [1.54, 1.807) is 0 Å². The molecule has 2 aromatic rings. The van der Waals surface area contributed by atoms with Gasteiger partial charge in [0, 0.05) is 37.1 Å². The number of hydrogen-bond acceptors (Lipinski definition) is 4. The minimum absolute atomic E-state index is 0.0314. The Kier molecular flexibility index (Phi) is 4.52. The van der Waals surface area contributed by atoms with Crippen molar-refractivity contribution in [2.24, 2.45) is 5.41 Å². The molecule has 2 saturated heterocycles. The van der Waals surface area contributed by atoms with Crippen LogP contribution in [0.15, 0.2) is 34.7 Å². The van der Waals surface area contributed by atoms with Gasteiger partial charge in [-0.15, -0.1) is 0 Å². The number of ether oxygens (including phenoxy) is 2. The zero-order valence-corrected chi connectivity index (χ0v) is 14.7. The van der Waals surface area contributed by atoms with Crippen molar-refractivity contribution in [1.82, 2.24) is 4.90 Å². The van der Waals surface area contributed by atoms with Crippen LogP contribution < -0.4 is 0 Å². The van der Waals surface area contributed by atoms with Crippen LogP contribution in [0, 0.1) is 5.41 Å². The molecule has 1 amide bonds. The van der Waals surface area contributed by atoms with Gasteiger partial charge in [0.15, 0.2) is 5.76 Å². The number of benzene rings is 1. The van der Waals surface area contributed by atoms with Crippen molar-refractivity contribution in [3.63, 3.8) is 0 Å². The van der Waals surface area contributed by atoms with E-state index in [0.29, 0.717) is 32.1 Å². The first-order chi connectivity index (χ1) is 12.2. The molecule has 0 aliphatic carbocycles. The molecule has 25 heavy (non-hydrogen) atoms. The second-order valence-electron chi connectivity index (χ2n) is 7.13. The fourth-order valence-corrected chi connectivity index (χ4v) is 4.22. The molecule has 1 aromatic heterocycles. The average molecular weight is 343 g/mol. The van der Waals surface area contributed by atoms with Crippen LogP contribution in [0.2, 0.25) is 0 Å². The van der Waals surface area contributed by atoms with E-state index in [0.717, 1.165) is 36.8 Å². The molecule has 2 aliphatic heterocycles. The second kappa shape index (κ2) is 6.81. The fraction of sp³-hybridized carbons (Fsp3) is 0.550. The molecule has 5 nitrogen and oxygen atoms in total. The third-order valence-electron chi connectivity index (χ3n) is 5.51. The fourth-order valence-electron chi connectivity index (χ4n) is 4.22. The average Bonchev–Trinajstić information content (AvgIpc) is 3.09. The lowest BCUT2D eigenvalue weighted by Gasteiger charge is -2.50. The Hall–Kier alpha value is -1.85. The molecule has 0 unspecified atom stereocenters. The van der Waals surface area contributed by atoms with Crippen molar-refractivity contribution in [2.75, 3.05) is 32.9 Å². The van der Waals surface area contributed by atoms with E-state index in [1.165, 1.54) is 0 Å². The number of piperidine rings is 1. The monoisotopic (exact) mass is 343 g/mol. The van der Waals surface area contributed by atoms with E-state index in [1.807, 2.05) is 42.2 Å². The quantitative estimate of drug-likeness (QED) is 0.853. The number of likely N-dealkylation sites (tertiary alicyclic amines) is 1. The molecule has 0 N–H and O–H groups in total. The number of rotatable bonds is 4. The van der Waals surface area contributed by atoms with Gasteiger partial charge in [-0.2, -0.15) is 0 Å². The predicted octanol–water partition coefficient (Wildman–Crippen LogP) is 3.48. The number of hydrogen-bond donors (Lipinski definition) is 0. The Labute approximate surface area is 147 Å². The highest BCUT2D eigenvalue weighted by molar-refractivity contribution is 5.96. The van der Waals surface area contributed by atoms with Crippen LogP contribution in [-0.2, 0) is 9.47 Å². The molecule has 2 atom stereocenters. The van der Waals surface area contributed by atoms with Crippen molar-refractivity contribution >= 4 is 16.9 Å². The summed E-state index contributed by atoms with van der Waals surface area (Å²) in [5, 5.41) is 0.964. The Balaban J connectivity index is 1.56. The highest BCUT2D eigenvalue weighted by Gasteiger charge is 2.47. The first-order valence-electron chi connectivity index (χ1n) is 9.19. The lowest BCUT2D eigenvalue weighted by Crippen LogP contribution is -2.58. The molecular weight excluding hydrogens is 318 g/mol. The summed E-state index contributed by atoms with van der Waals surface area (Å²) in [6.07, 6.45) is 3.11. The predicted molar refractivity (Wildman–Crippen MR) is 94.6 cm³/mol. The molecule has 2 fully saturated rings. The summed E-state index contributed by atoms with van der Waals surface area (Å²) in [5.41, 5.74) is 0.666. The lowest BCUT2D eigenvalue weighted by atomic mass is 9.73. The van der Waals surface area contributed by atoms with Crippen LogP contribution in [0.4, 0.5) is 0 Å². The van der Waals surface area contributed by atoms with E-state index < -0.39 is 0 Å². The normalized spacial score (nSPS) is 26.6. The maximum atomic E-state index is 13.0. The van der Waals surface area contributed by atoms with Crippen molar-refractivity contribution in [2.45, 2.75) is 32.3 Å². The third kappa shape index (κ3) is 3.07. The number of nitrogens with zero attached hydrogens (tertiary/aromatic N) is 1. The number of furan rings is 1. The molecule has 4 rings (SSSR count).